The van der Waals surface area contributed by atoms with Gasteiger partial charge in [-0.25, -0.2) is 15.0 Å². The third-order valence-corrected chi connectivity index (χ3v) is 13.1. The molecule has 6 atom stereocenters. The molecule has 234 valence electrons. The summed E-state index contributed by atoms with van der Waals surface area (Å²) < 4.78 is 0. The smallest absolute Gasteiger partial charge is 0.164 e. The standard InChI is InChI=1S/C44H33N5/c45-25-26-6-4-9-31(18-26)28-11-13-30(14-12-28)41-47-40(29-7-2-1-3-8-29)48-42(49-41)32-15-16-37-36(21-32)35-10-5-17-46-39(35)44(37)34-20-27-19-33-22-38(44)43(33,23-27)24-34/h1-18,21,27,33-34,38H,19-20,22-24H2. The Hall–Kier alpha value is -5.47. The van der Waals surface area contributed by atoms with Crippen LogP contribution >= 0.6 is 0 Å². The predicted octanol–water partition coefficient (Wildman–Crippen LogP) is 9.53. The van der Waals surface area contributed by atoms with Crippen molar-refractivity contribution in [3.8, 4) is 62.5 Å². The van der Waals surface area contributed by atoms with Gasteiger partial charge < -0.3 is 0 Å². The Balaban J connectivity index is 1.04. The van der Waals surface area contributed by atoms with Gasteiger partial charge >= 0.3 is 0 Å². The number of aromatic nitrogens is 4. The molecule has 2 aromatic heterocycles. The monoisotopic (exact) mass is 631 g/mol. The van der Waals surface area contributed by atoms with E-state index in [0.29, 0.717) is 40.3 Å². The first-order valence-corrected chi connectivity index (χ1v) is 17.7. The molecule has 5 aliphatic rings. The average Bonchev–Trinajstić information content (AvgIpc) is 3.62. The lowest BCUT2D eigenvalue weighted by molar-refractivity contribution is -0.0201. The van der Waals surface area contributed by atoms with E-state index in [1.807, 2.05) is 48.7 Å². The van der Waals surface area contributed by atoms with E-state index in [-0.39, 0.29) is 5.41 Å². The molecule has 49 heavy (non-hydrogen) atoms. The number of benzene rings is 4. The molecule has 6 aromatic rings. The van der Waals surface area contributed by atoms with Crippen molar-refractivity contribution in [3.05, 3.63) is 132 Å². The summed E-state index contributed by atoms with van der Waals surface area (Å²) in [5.41, 5.74) is 11.6. The highest BCUT2D eigenvalue weighted by Gasteiger charge is 2.77. The van der Waals surface area contributed by atoms with E-state index in [0.717, 1.165) is 39.7 Å². The maximum absolute atomic E-state index is 9.39. The van der Waals surface area contributed by atoms with Gasteiger partial charge in [0, 0.05) is 33.9 Å². The van der Waals surface area contributed by atoms with E-state index in [1.165, 1.54) is 54.5 Å². The Labute approximate surface area is 285 Å². The number of nitrogens with zero attached hydrogens (tertiary/aromatic N) is 5. The lowest BCUT2D eigenvalue weighted by Gasteiger charge is -2.54. The molecule has 2 heterocycles. The lowest BCUT2D eigenvalue weighted by Crippen LogP contribution is -2.50. The fourth-order valence-corrected chi connectivity index (χ4v) is 11.4. The Morgan fingerprint density at radius 2 is 1.31 bits per heavy atom. The topological polar surface area (TPSA) is 75.3 Å². The molecule has 11 rings (SSSR count). The highest BCUT2D eigenvalue weighted by Crippen LogP contribution is 2.83. The van der Waals surface area contributed by atoms with Crippen LogP contribution in [0.3, 0.4) is 0 Å². The fraction of sp³-hybridized carbons (Fsp3) is 0.250. The van der Waals surface area contributed by atoms with Gasteiger partial charge in [0.2, 0.25) is 0 Å². The summed E-state index contributed by atoms with van der Waals surface area (Å²) in [5, 5.41) is 9.39. The number of rotatable bonds is 4. The van der Waals surface area contributed by atoms with E-state index in [4.69, 9.17) is 19.9 Å². The largest absolute Gasteiger partial charge is 0.260 e. The highest BCUT2D eigenvalue weighted by atomic mass is 15.0. The summed E-state index contributed by atoms with van der Waals surface area (Å²) in [5.74, 6) is 5.20. The van der Waals surface area contributed by atoms with Crippen LogP contribution in [-0.4, -0.2) is 19.9 Å². The second-order valence-electron chi connectivity index (χ2n) is 15.1. The first-order valence-electron chi connectivity index (χ1n) is 17.7. The van der Waals surface area contributed by atoms with E-state index >= 15 is 0 Å². The zero-order chi connectivity index (χ0) is 32.3. The van der Waals surface area contributed by atoms with Crippen LogP contribution in [0.1, 0.15) is 48.9 Å². The van der Waals surface area contributed by atoms with Crippen LogP contribution in [0.25, 0.3) is 56.4 Å². The van der Waals surface area contributed by atoms with Crippen LogP contribution in [0.4, 0.5) is 0 Å². The van der Waals surface area contributed by atoms with Gasteiger partial charge in [-0.1, -0.05) is 84.9 Å². The van der Waals surface area contributed by atoms with Crippen molar-refractivity contribution < 1.29 is 0 Å². The minimum Gasteiger partial charge on any atom is -0.260 e. The molecule has 0 aliphatic heterocycles. The van der Waals surface area contributed by atoms with E-state index in [9.17, 15) is 5.26 Å². The molecule has 5 heteroatoms. The number of fused-ring (bicyclic) bond motifs is 9. The second-order valence-corrected chi connectivity index (χ2v) is 15.1. The van der Waals surface area contributed by atoms with Crippen molar-refractivity contribution >= 4 is 0 Å². The van der Waals surface area contributed by atoms with Gasteiger partial charge in [-0.2, -0.15) is 5.26 Å². The van der Waals surface area contributed by atoms with Crippen LogP contribution in [0, 0.1) is 40.4 Å². The van der Waals surface area contributed by atoms with Crippen molar-refractivity contribution in [1.29, 1.82) is 5.26 Å². The van der Waals surface area contributed by atoms with Gasteiger partial charge in [0.05, 0.1) is 17.3 Å². The van der Waals surface area contributed by atoms with E-state index in [1.54, 1.807) is 0 Å². The molecule has 0 N–H and O–H groups in total. The Kier molecular flexibility index (Phi) is 5.49. The summed E-state index contributed by atoms with van der Waals surface area (Å²) in [6.07, 6.45) is 9.04. The third kappa shape index (κ3) is 3.64. The van der Waals surface area contributed by atoms with Crippen molar-refractivity contribution in [2.75, 3.05) is 0 Å². The molecule has 6 unspecified atom stereocenters. The summed E-state index contributed by atoms with van der Waals surface area (Å²) >= 11 is 0. The number of pyridine rings is 1. The summed E-state index contributed by atoms with van der Waals surface area (Å²) in [7, 11) is 0. The predicted molar refractivity (Wildman–Crippen MR) is 190 cm³/mol. The Morgan fingerprint density at radius 1 is 0.592 bits per heavy atom. The van der Waals surface area contributed by atoms with Crippen molar-refractivity contribution in [1.82, 2.24) is 19.9 Å². The van der Waals surface area contributed by atoms with E-state index in [2.05, 4.69) is 72.8 Å². The van der Waals surface area contributed by atoms with Crippen molar-refractivity contribution in [2.45, 2.75) is 37.5 Å². The van der Waals surface area contributed by atoms with Gasteiger partial charge in [-0.05, 0) is 108 Å². The third-order valence-electron chi connectivity index (χ3n) is 13.1. The molecule has 0 saturated heterocycles. The van der Waals surface area contributed by atoms with Gasteiger partial charge in [0.15, 0.2) is 17.5 Å². The lowest BCUT2D eigenvalue weighted by atomic mass is 9.50. The molecule has 5 aliphatic carbocycles. The quantitative estimate of drug-likeness (QED) is 0.194. The van der Waals surface area contributed by atoms with Gasteiger partial charge in [-0.15, -0.1) is 0 Å². The number of hydrogen-bond donors (Lipinski definition) is 0. The maximum atomic E-state index is 9.39. The Morgan fingerprint density at radius 3 is 2.12 bits per heavy atom. The molecular weight excluding hydrogens is 599 g/mol. The summed E-state index contributed by atoms with van der Waals surface area (Å²) in [6.45, 7) is 0. The zero-order valence-corrected chi connectivity index (χ0v) is 27.1. The molecule has 4 fully saturated rings. The first-order chi connectivity index (χ1) is 24.1. The van der Waals surface area contributed by atoms with Crippen molar-refractivity contribution in [3.63, 3.8) is 0 Å². The SMILES string of the molecule is N#Cc1cccc(-c2ccc(-c3nc(-c4ccccc4)nc(-c4ccc5c(c4)-c4cccnc4C54C5CC6CC7CC4C7(C6)C5)n3)cc2)c1. The Bertz CT molecular complexity index is 2380. The van der Waals surface area contributed by atoms with Crippen LogP contribution in [0.5, 0.6) is 0 Å². The first kappa shape index (κ1) is 27.5. The fourth-order valence-electron chi connectivity index (χ4n) is 11.4. The molecule has 3 bridgehead atoms. The van der Waals surface area contributed by atoms with Gasteiger partial charge in [0.1, 0.15) is 0 Å². The highest BCUT2D eigenvalue weighted by molar-refractivity contribution is 5.84. The molecule has 5 nitrogen and oxygen atoms in total. The molecule has 4 saturated carbocycles. The van der Waals surface area contributed by atoms with Crippen LogP contribution in [0.15, 0.2) is 115 Å². The molecular formula is C44H33N5. The molecule has 0 amide bonds. The van der Waals surface area contributed by atoms with Gasteiger partial charge in [0.25, 0.3) is 0 Å². The van der Waals surface area contributed by atoms with Crippen LogP contribution < -0.4 is 0 Å². The number of hydrogen-bond acceptors (Lipinski definition) is 5. The minimum absolute atomic E-state index is 0.0457. The maximum Gasteiger partial charge on any atom is 0.164 e. The zero-order valence-electron chi connectivity index (χ0n) is 27.1. The molecule has 0 radical (unpaired) electrons. The molecule has 4 aromatic carbocycles. The van der Waals surface area contributed by atoms with Crippen LogP contribution in [-0.2, 0) is 5.41 Å². The number of nitriles is 1. The van der Waals surface area contributed by atoms with Crippen LogP contribution in [0.2, 0.25) is 0 Å². The minimum atomic E-state index is 0.0457. The van der Waals surface area contributed by atoms with Crippen molar-refractivity contribution in [2.24, 2.45) is 29.1 Å². The summed E-state index contributed by atoms with van der Waals surface area (Å²) in [6, 6.07) is 39.8. The molecule has 2 spiro atoms. The van der Waals surface area contributed by atoms with Gasteiger partial charge in [-0.3, -0.25) is 4.98 Å². The normalized spacial score (nSPS) is 27.7. The average molecular weight is 632 g/mol. The van der Waals surface area contributed by atoms with E-state index < -0.39 is 0 Å². The second kappa shape index (κ2) is 9.80. The summed E-state index contributed by atoms with van der Waals surface area (Å²) in [4.78, 5) is 20.4.